The van der Waals surface area contributed by atoms with Gasteiger partial charge in [0, 0.05) is 13.6 Å². The SMILES string of the molecule is CN(CCO)CC(=O)N(C)[C]=O. The summed E-state index contributed by atoms with van der Waals surface area (Å²) in [6, 6.07) is 0. The van der Waals surface area contributed by atoms with Crippen molar-refractivity contribution in [3.05, 3.63) is 0 Å². The van der Waals surface area contributed by atoms with E-state index in [1.807, 2.05) is 0 Å². The maximum Gasteiger partial charge on any atom is 0.318 e. The molecular weight excluding hydrogens is 160 g/mol. The summed E-state index contributed by atoms with van der Waals surface area (Å²) in [6.45, 7) is 0.531. The molecule has 5 nitrogen and oxygen atoms in total. The van der Waals surface area contributed by atoms with E-state index in [2.05, 4.69) is 0 Å². The van der Waals surface area contributed by atoms with E-state index in [-0.39, 0.29) is 19.1 Å². The summed E-state index contributed by atoms with van der Waals surface area (Å²) in [5.74, 6) is -0.332. The highest BCUT2D eigenvalue weighted by Gasteiger charge is 2.10. The molecule has 0 aliphatic carbocycles. The number of amides is 2. The van der Waals surface area contributed by atoms with Crippen LogP contribution in [-0.2, 0) is 9.59 Å². The van der Waals surface area contributed by atoms with Crippen LogP contribution >= 0.6 is 0 Å². The van der Waals surface area contributed by atoms with Gasteiger partial charge >= 0.3 is 6.41 Å². The molecule has 69 valence electrons. The topological polar surface area (TPSA) is 60.9 Å². The maximum absolute atomic E-state index is 11.0. The molecule has 0 aromatic carbocycles. The van der Waals surface area contributed by atoms with E-state index in [1.165, 1.54) is 13.5 Å². The number of imide groups is 1. The lowest BCUT2D eigenvalue weighted by atomic mass is 10.5. The highest BCUT2D eigenvalue weighted by molar-refractivity contribution is 5.87. The second-order valence-electron chi connectivity index (χ2n) is 2.51. The van der Waals surface area contributed by atoms with E-state index in [9.17, 15) is 9.59 Å². The van der Waals surface area contributed by atoms with Crippen molar-refractivity contribution >= 4 is 12.3 Å². The van der Waals surface area contributed by atoms with Crippen molar-refractivity contribution in [2.75, 3.05) is 33.8 Å². The van der Waals surface area contributed by atoms with Gasteiger partial charge in [0.2, 0.25) is 5.91 Å². The summed E-state index contributed by atoms with van der Waals surface area (Å²) < 4.78 is 0. The summed E-state index contributed by atoms with van der Waals surface area (Å²) in [5, 5.41) is 8.50. The van der Waals surface area contributed by atoms with E-state index in [1.54, 1.807) is 11.9 Å². The number of carbonyl (C=O) groups is 1. The Morgan fingerprint density at radius 2 is 2.08 bits per heavy atom. The van der Waals surface area contributed by atoms with Gasteiger partial charge in [-0.3, -0.25) is 19.4 Å². The summed E-state index contributed by atoms with van der Waals surface area (Å²) in [5.41, 5.74) is 0. The largest absolute Gasteiger partial charge is 0.395 e. The van der Waals surface area contributed by atoms with Crippen molar-refractivity contribution in [2.45, 2.75) is 0 Å². The summed E-state index contributed by atoms with van der Waals surface area (Å²) in [4.78, 5) is 23.5. The van der Waals surface area contributed by atoms with Crippen LogP contribution in [0.4, 0.5) is 0 Å². The third kappa shape index (κ3) is 4.05. The van der Waals surface area contributed by atoms with Crippen molar-refractivity contribution in [2.24, 2.45) is 0 Å². The molecule has 0 saturated carbocycles. The second-order valence-corrected chi connectivity index (χ2v) is 2.51. The van der Waals surface area contributed by atoms with Crippen molar-refractivity contribution in [1.82, 2.24) is 9.80 Å². The molecule has 1 N–H and O–H groups in total. The zero-order valence-corrected chi connectivity index (χ0v) is 7.28. The molecule has 0 bridgehead atoms. The molecule has 5 heteroatoms. The van der Waals surface area contributed by atoms with Crippen LogP contribution < -0.4 is 0 Å². The molecule has 0 spiro atoms. The van der Waals surface area contributed by atoms with Gasteiger partial charge < -0.3 is 5.11 Å². The third-order valence-corrected chi connectivity index (χ3v) is 1.40. The van der Waals surface area contributed by atoms with Crippen LogP contribution in [0.2, 0.25) is 0 Å². The highest BCUT2D eigenvalue weighted by Crippen LogP contribution is 1.85. The Balaban J connectivity index is 3.75. The minimum Gasteiger partial charge on any atom is -0.395 e. The van der Waals surface area contributed by atoms with E-state index in [4.69, 9.17) is 5.11 Å². The minimum absolute atomic E-state index is 0.00169. The van der Waals surface area contributed by atoms with Crippen LogP contribution in [0.3, 0.4) is 0 Å². The van der Waals surface area contributed by atoms with Crippen LogP contribution in [-0.4, -0.2) is 61.0 Å². The quantitative estimate of drug-likeness (QED) is 0.510. The number of rotatable bonds is 5. The fourth-order valence-corrected chi connectivity index (χ4v) is 0.638. The lowest BCUT2D eigenvalue weighted by Gasteiger charge is -2.15. The Morgan fingerprint density at radius 1 is 1.50 bits per heavy atom. The van der Waals surface area contributed by atoms with Gasteiger partial charge in [-0.15, -0.1) is 0 Å². The number of carbonyl (C=O) groups excluding carboxylic acids is 2. The van der Waals surface area contributed by atoms with Crippen LogP contribution in [0, 0.1) is 0 Å². The first-order valence-electron chi connectivity index (χ1n) is 3.55. The molecule has 0 saturated heterocycles. The van der Waals surface area contributed by atoms with Crippen molar-refractivity contribution < 1.29 is 14.7 Å². The molecule has 0 heterocycles. The summed E-state index contributed by atoms with van der Waals surface area (Å²) in [6.07, 6.45) is 1.46. The zero-order chi connectivity index (χ0) is 9.56. The molecule has 0 rings (SSSR count). The highest BCUT2D eigenvalue weighted by atomic mass is 16.3. The Labute approximate surface area is 71.6 Å². The van der Waals surface area contributed by atoms with Gasteiger partial charge in [0.05, 0.1) is 13.2 Å². The van der Waals surface area contributed by atoms with Crippen molar-refractivity contribution in [3.63, 3.8) is 0 Å². The lowest BCUT2D eigenvalue weighted by molar-refractivity contribution is -0.127. The Morgan fingerprint density at radius 3 is 2.50 bits per heavy atom. The van der Waals surface area contributed by atoms with Gasteiger partial charge in [0.25, 0.3) is 0 Å². The van der Waals surface area contributed by atoms with Gasteiger partial charge in [-0.2, -0.15) is 0 Å². The molecule has 0 aliphatic heterocycles. The fourth-order valence-electron chi connectivity index (χ4n) is 0.638. The molecule has 1 radical (unpaired) electrons. The normalized spacial score (nSPS) is 10.0. The molecule has 0 aromatic rings. The summed E-state index contributed by atoms with van der Waals surface area (Å²) in [7, 11) is 3.04. The van der Waals surface area contributed by atoms with Crippen LogP contribution in [0.5, 0.6) is 0 Å². The predicted molar refractivity (Wildman–Crippen MR) is 43.0 cm³/mol. The van der Waals surface area contributed by atoms with E-state index >= 15 is 0 Å². The van der Waals surface area contributed by atoms with Gasteiger partial charge in [-0.1, -0.05) is 0 Å². The maximum atomic E-state index is 11.0. The number of hydrogen-bond donors (Lipinski definition) is 1. The van der Waals surface area contributed by atoms with Crippen LogP contribution in [0.15, 0.2) is 0 Å². The molecule has 12 heavy (non-hydrogen) atoms. The molecule has 0 unspecified atom stereocenters. The Bertz CT molecular complexity index is 161. The van der Waals surface area contributed by atoms with E-state index < -0.39 is 0 Å². The first-order chi connectivity index (χ1) is 5.61. The molecular formula is C7H13N2O3. The number of aliphatic hydroxyl groups excluding tert-OH is 1. The molecule has 2 amide bonds. The van der Waals surface area contributed by atoms with Crippen molar-refractivity contribution in [3.8, 4) is 0 Å². The number of likely N-dealkylation sites (N-methyl/N-ethyl adjacent to an activating group) is 2. The van der Waals surface area contributed by atoms with Gasteiger partial charge in [0.15, 0.2) is 0 Å². The van der Waals surface area contributed by atoms with Crippen molar-refractivity contribution in [1.29, 1.82) is 0 Å². The average Bonchev–Trinajstić information content (AvgIpc) is 2.03. The number of hydrogen-bond acceptors (Lipinski definition) is 4. The van der Waals surface area contributed by atoms with Crippen LogP contribution in [0.1, 0.15) is 0 Å². The standard InChI is InChI=1S/C7H13N2O3/c1-8(3-4-10)5-7(12)9(2)6-11/h10H,3-5H2,1-2H3. The molecule has 0 aromatic heterocycles. The number of aliphatic hydroxyl groups is 1. The first-order valence-corrected chi connectivity index (χ1v) is 3.55. The average molecular weight is 173 g/mol. The summed E-state index contributed by atoms with van der Waals surface area (Å²) >= 11 is 0. The second kappa shape index (κ2) is 5.68. The third-order valence-electron chi connectivity index (χ3n) is 1.40. The number of nitrogens with zero attached hydrogens (tertiary/aromatic N) is 2. The minimum atomic E-state index is -0.332. The molecule has 0 atom stereocenters. The monoisotopic (exact) mass is 173 g/mol. The van der Waals surface area contributed by atoms with Gasteiger partial charge in [0.1, 0.15) is 0 Å². The first kappa shape index (κ1) is 11.1. The Kier molecular flexibility index (Phi) is 5.23. The van der Waals surface area contributed by atoms with E-state index in [0.717, 1.165) is 4.90 Å². The van der Waals surface area contributed by atoms with Gasteiger partial charge in [-0.25, -0.2) is 0 Å². The predicted octanol–water partition coefficient (Wildman–Crippen LogP) is -1.56. The van der Waals surface area contributed by atoms with Gasteiger partial charge in [-0.05, 0) is 7.05 Å². The fraction of sp³-hybridized carbons (Fsp3) is 0.714. The lowest BCUT2D eigenvalue weighted by Crippen LogP contribution is -2.36. The van der Waals surface area contributed by atoms with Crippen LogP contribution in [0.25, 0.3) is 0 Å². The smallest absolute Gasteiger partial charge is 0.318 e. The zero-order valence-electron chi connectivity index (χ0n) is 7.28. The molecule has 0 aliphatic rings. The Hall–Kier alpha value is -0.940. The molecule has 0 fully saturated rings. The van der Waals surface area contributed by atoms with E-state index in [0.29, 0.717) is 6.54 Å².